The first-order valence-corrected chi connectivity index (χ1v) is 12.1. The molecule has 1 aromatic heterocycles. The lowest BCUT2D eigenvalue weighted by Gasteiger charge is -2.23. The number of fused-ring (bicyclic) bond motifs is 3. The van der Waals surface area contributed by atoms with Crippen molar-refractivity contribution in [3.63, 3.8) is 0 Å². The molecule has 2 unspecified atom stereocenters. The van der Waals surface area contributed by atoms with Gasteiger partial charge in [-0.3, -0.25) is 4.79 Å². The van der Waals surface area contributed by atoms with Gasteiger partial charge < -0.3 is 15.2 Å². The van der Waals surface area contributed by atoms with Gasteiger partial charge in [0.05, 0.1) is 24.9 Å². The van der Waals surface area contributed by atoms with Crippen molar-refractivity contribution < 1.29 is 23.4 Å². The maximum atomic E-state index is 14.1. The Labute approximate surface area is 213 Å². The van der Waals surface area contributed by atoms with Crippen LogP contribution in [0.15, 0.2) is 72.1 Å². The lowest BCUT2D eigenvalue weighted by atomic mass is 9.91. The van der Waals surface area contributed by atoms with Crippen LogP contribution in [0.25, 0.3) is 11.3 Å². The number of ether oxygens (including phenoxy) is 1. The summed E-state index contributed by atoms with van der Waals surface area (Å²) in [6.45, 7) is 1.17. The first kappa shape index (κ1) is 24.8. The summed E-state index contributed by atoms with van der Waals surface area (Å²) in [6.07, 6.45) is 2.46. The molecule has 0 spiro atoms. The van der Waals surface area contributed by atoms with Crippen molar-refractivity contribution >= 4 is 11.7 Å². The second kappa shape index (κ2) is 9.86. The second-order valence-electron chi connectivity index (χ2n) is 9.49. The van der Waals surface area contributed by atoms with Gasteiger partial charge in [0.1, 0.15) is 23.4 Å². The van der Waals surface area contributed by atoms with Gasteiger partial charge in [-0.25, -0.2) is 18.7 Å². The number of carbonyl (C=O) groups excluding carboxylic acids is 1. The van der Waals surface area contributed by atoms with Crippen molar-refractivity contribution in [3.8, 4) is 17.0 Å². The highest BCUT2D eigenvalue weighted by Gasteiger charge is 2.32. The highest BCUT2D eigenvalue weighted by molar-refractivity contribution is 5.92. The summed E-state index contributed by atoms with van der Waals surface area (Å²) in [5.74, 6) is -0.469. The van der Waals surface area contributed by atoms with Crippen LogP contribution < -0.4 is 10.1 Å². The number of carbonyl (C=O) groups is 1. The van der Waals surface area contributed by atoms with E-state index in [1.54, 1.807) is 31.4 Å². The van der Waals surface area contributed by atoms with E-state index in [2.05, 4.69) is 5.32 Å². The van der Waals surface area contributed by atoms with Crippen LogP contribution in [0.4, 0.5) is 14.6 Å². The molecule has 2 aromatic carbocycles. The predicted molar refractivity (Wildman–Crippen MR) is 137 cm³/mol. The number of amides is 1. The Morgan fingerprint density at radius 2 is 1.97 bits per heavy atom. The van der Waals surface area contributed by atoms with E-state index in [9.17, 15) is 18.7 Å². The number of hydrogen-bond donors (Lipinski definition) is 2. The fraction of sp³-hybridized carbons (Fsp3) is 0.276. The first-order chi connectivity index (χ1) is 17.7. The van der Waals surface area contributed by atoms with E-state index in [1.807, 2.05) is 24.3 Å². The minimum absolute atomic E-state index is 0.140. The summed E-state index contributed by atoms with van der Waals surface area (Å²) in [7, 11) is 1.62. The van der Waals surface area contributed by atoms with Crippen molar-refractivity contribution in [2.45, 2.75) is 44.4 Å². The average Bonchev–Trinajstić information content (AvgIpc) is 2.90. The summed E-state index contributed by atoms with van der Waals surface area (Å²) in [5, 5.41) is 14.0. The molecule has 2 aliphatic rings. The molecule has 2 aliphatic carbocycles. The number of aliphatic hydroxyl groups excluding tert-OH is 1. The van der Waals surface area contributed by atoms with Gasteiger partial charge >= 0.3 is 0 Å². The smallest absolute Gasteiger partial charge is 0.229 e. The van der Waals surface area contributed by atoms with Crippen LogP contribution in [0, 0.1) is 0 Å². The van der Waals surface area contributed by atoms with Gasteiger partial charge in [-0.05, 0) is 60.7 Å². The number of allylic oxidation sites excluding steroid dienone is 3. The Morgan fingerprint density at radius 3 is 2.70 bits per heavy atom. The largest absolute Gasteiger partial charge is 0.497 e. The lowest BCUT2D eigenvalue weighted by molar-refractivity contribution is -0.115. The fourth-order valence-electron chi connectivity index (χ4n) is 4.61. The molecule has 0 saturated heterocycles. The highest BCUT2D eigenvalue weighted by atomic mass is 19.2. The van der Waals surface area contributed by atoms with E-state index in [1.165, 1.54) is 13.0 Å². The average molecular weight is 504 g/mol. The summed E-state index contributed by atoms with van der Waals surface area (Å²) in [5.41, 5.74) is 2.44. The Balaban J connectivity index is 1.50. The van der Waals surface area contributed by atoms with Gasteiger partial charge in [0, 0.05) is 12.0 Å². The van der Waals surface area contributed by atoms with Gasteiger partial charge in [-0.15, -0.1) is 0 Å². The van der Waals surface area contributed by atoms with E-state index in [-0.39, 0.29) is 24.4 Å². The number of nitrogens with zero attached hydrogens (tertiary/aromatic N) is 2. The van der Waals surface area contributed by atoms with E-state index in [4.69, 9.17) is 14.7 Å². The van der Waals surface area contributed by atoms with E-state index >= 15 is 0 Å². The molecule has 0 radical (unpaired) electrons. The standard InChI is InChI=1S/C29H27F2N3O3/c1-29(31)13-12-17(14-23(29)30)15-24(35)33-28-26(27(36)18-6-4-3-5-7-18)34-25-21-10-9-20(37-2)16-19(21)8-11-22(25)32-28/h3-7,9-10,12,14,16,27,36H,8,11,13,15H2,1-2H3,(H,32,33,35). The quantitative estimate of drug-likeness (QED) is 0.459. The van der Waals surface area contributed by atoms with Crippen LogP contribution in [0.5, 0.6) is 5.75 Å². The third kappa shape index (κ3) is 5.02. The molecule has 0 aliphatic heterocycles. The number of anilines is 1. The summed E-state index contributed by atoms with van der Waals surface area (Å²) >= 11 is 0. The van der Waals surface area contributed by atoms with Crippen molar-refractivity contribution in [3.05, 3.63) is 94.6 Å². The van der Waals surface area contributed by atoms with Gasteiger partial charge in [0.25, 0.3) is 0 Å². The number of benzene rings is 2. The summed E-state index contributed by atoms with van der Waals surface area (Å²) in [4.78, 5) is 22.5. The monoisotopic (exact) mass is 503 g/mol. The Kier molecular flexibility index (Phi) is 6.60. The molecule has 2 N–H and O–H groups in total. The number of nitrogens with one attached hydrogen (secondary N) is 1. The number of halogens is 2. The molecule has 0 bridgehead atoms. The Bertz CT molecular complexity index is 1420. The van der Waals surface area contributed by atoms with Crippen LogP contribution in [0.1, 0.15) is 48.4 Å². The maximum Gasteiger partial charge on any atom is 0.229 e. The molecule has 0 saturated carbocycles. The number of aliphatic hydroxyl groups is 1. The molecule has 0 fully saturated rings. The molecule has 8 heteroatoms. The molecule has 1 amide bonds. The summed E-state index contributed by atoms with van der Waals surface area (Å²) in [6, 6.07) is 14.7. The summed E-state index contributed by atoms with van der Waals surface area (Å²) < 4.78 is 33.5. The van der Waals surface area contributed by atoms with Gasteiger partial charge in [-0.2, -0.15) is 0 Å². The van der Waals surface area contributed by atoms with Crippen LogP contribution in [0.2, 0.25) is 0 Å². The third-order valence-corrected chi connectivity index (χ3v) is 6.75. The molecular formula is C29H27F2N3O3. The molecule has 5 rings (SSSR count). The van der Waals surface area contributed by atoms with E-state index in [0.717, 1.165) is 29.4 Å². The zero-order valence-electron chi connectivity index (χ0n) is 20.6. The second-order valence-corrected chi connectivity index (χ2v) is 9.49. The van der Waals surface area contributed by atoms with Gasteiger partial charge in [0.15, 0.2) is 11.5 Å². The number of methoxy groups -OCH3 is 1. The van der Waals surface area contributed by atoms with E-state index < -0.39 is 23.5 Å². The van der Waals surface area contributed by atoms with Crippen molar-refractivity contribution in [2.75, 3.05) is 12.4 Å². The molecule has 37 heavy (non-hydrogen) atoms. The van der Waals surface area contributed by atoms with E-state index in [0.29, 0.717) is 28.9 Å². The predicted octanol–water partition coefficient (Wildman–Crippen LogP) is 5.57. The molecule has 1 heterocycles. The SMILES string of the molecule is COc1ccc2c(c1)CCc1nc(NC(=O)CC3=CCC(C)(F)C(F)=C3)c(C(O)c3ccccc3)nc1-2. The van der Waals surface area contributed by atoms with Gasteiger partial charge in [0.2, 0.25) is 5.91 Å². The maximum absolute atomic E-state index is 14.1. The van der Waals surface area contributed by atoms with Crippen molar-refractivity contribution in [1.29, 1.82) is 0 Å². The number of alkyl halides is 1. The first-order valence-electron chi connectivity index (χ1n) is 12.1. The normalized spacial score (nSPS) is 19.2. The molecule has 6 nitrogen and oxygen atoms in total. The number of rotatable bonds is 6. The van der Waals surface area contributed by atoms with Crippen molar-refractivity contribution in [2.24, 2.45) is 0 Å². The lowest BCUT2D eigenvalue weighted by Crippen LogP contribution is -2.23. The van der Waals surface area contributed by atoms with Crippen molar-refractivity contribution in [1.82, 2.24) is 9.97 Å². The molecule has 3 aromatic rings. The number of aryl methyl sites for hydroxylation is 2. The minimum Gasteiger partial charge on any atom is -0.497 e. The minimum atomic E-state index is -2.06. The third-order valence-electron chi connectivity index (χ3n) is 6.75. The van der Waals surface area contributed by atoms with Crippen LogP contribution >= 0.6 is 0 Å². The van der Waals surface area contributed by atoms with Gasteiger partial charge in [-0.1, -0.05) is 36.4 Å². The molecule has 2 atom stereocenters. The number of hydrogen-bond acceptors (Lipinski definition) is 5. The molecule has 190 valence electrons. The topological polar surface area (TPSA) is 84.3 Å². The highest BCUT2D eigenvalue weighted by Crippen LogP contribution is 2.37. The Hall–Kier alpha value is -3.91. The molecular weight excluding hydrogens is 476 g/mol. The van der Waals surface area contributed by atoms with Crippen LogP contribution in [-0.2, 0) is 17.6 Å². The number of aromatic nitrogens is 2. The Morgan fingerprint density at radius 1 is 1.19 bits per heavy atom. The van der Waals surface area contributed by atoms with Crippen LogP contribution in [0.3, 0.4) is 0 Å². The van der Waals surface area contributed by atoms with Crippen LogP contribution in [-0.4, -0.2) is 33.8 Å². The zero-order valence-corrected chi connectivity index (χ0v) is 20.6. The fourth-order valence-corrected chi connectivity index (χ4v) is 4.61. The zero-order chi connectivity index (χ0) is 26.2.